The Morgan fingerprint density at radius 1 is 1.19 bits per heavy atom. The van der Waals surface area contributed by atoms with Gasteiger partial charge in [-0.05, 0) is 14.1 Å². The molecule has 5 heteroatoms. The van der Waals surface area contributed by atoms with E-state index in [9.17, 15) is 4.79 Å². The van der Waals surface area contributed by atoms with Gasteiger partial charge in [-0.25, -0.2) is 0 Å². The zero-order valence-electron chi connectivity index (χ0n) is 10.6. The van der Waals surface area contributed by atoms with Gasteiger partial charge in [-0.2, -0.15) is 0 Å². The first-order valence-corrected chi connectivity index (χ1v) is 5.73. The first-order valence-electron chi connectivity index (χ1n) is 5.73. The minimum absolute atomic E-state index is 0.0272. The monoisotopic (exact) mass is 232 g/mol. The highest BCUT2D eigenvalue weighted by atomic mass is 16.5. The summed E-state index contributed by atoms with van der Waals surface area (Å²) in [4.78, 5) is 15.4. The van der Waals surface area contributed by atoms with Gasteiger partial charge in [0.25, 0.3) is 0 Å². The Labute approximate surface area is 98.0 Å². The van der Waals surface area contributed by atoms with E-state index in [1.54, 1.807) is 4.90 Å². The van der Waals surface area contributed by atoms with E-state index in [2.05, 4.69) is 0 Å². The van der Waals surface area contributed by atoms with Crippen LogP contribution in [0.1, 0.15) is 13.3 Å². The van der Waals surface area contributed by atoms with Crippen molar-refractivity contribution in [2.24, 2.45) is 0 Å². The van der Waals surface area contributed by atoms with E-state index in [1.165, 1.54) is 0 Å². The summed E-state index contributed by atoms with van der Waals surface area (Å²) in [7, 11) is 3.97. The standard InChI is InChI=1S/C11H24N2O3/c1-4-11(15)13(6-5-12(2)3)7-9-16-10-8-14/h14H,4-10H2,1-3H3. The van der Waals surface area contributed by atoms with Crippen LogP contribution in [-0.2, 0) is 9.53 Å². The van der Waals surface area contributed by atoms with Crippen molar-refractivity contribution >= 4 is 5.91 Å². The summed E-state index contributed by atoms with van der Waals surface area (Å²) in [5, 5.41) is 8.55. The minimum atomic E-state index is 0.0272. The second-order valence-electron chi connectivity index (χ2n) is 3.87. The van der Waals surface area contributed by atoms with Crippen molar-refractivity contribution in [2.75, 3.05) is 53.6 Å². The maximum atomic E-state index is 11.6. The zero-order valence-corrected chi connectivity index (χ0v) is 10.6. The Morgan fingerprint density at radius 3 is 2.38 bits per heavy atom. The Bertz CT molecular complexity index is 186. The van der Waals surface area contributed by atoms with Crippen molar-refractivity contribution in [3.05, 3.63) is 0 Å². The molecule has 0 aliphatic heterocycles. The van der Waals surface area contributed by atoms with Crippen molar-refractivity contribution in [3.8, 4) is 0 Å². The summed E-state index contributed by atoms with van der Waals surface area (Å²) in [5.41, 5.74) is 0. The van der Waals surface area contributed by atoms with E-state index in [4.69, 9.17) is 9.84 Å². The second-order valence-corrected chi connectivity index (χ2v) is 3.87. The summed E-state index contributed by atoms with van der Waals surface area (Å²) < 4.78 is 5.16. The maximum Gasteiger partial charge on any atom is 0.222 e. The molecule has 0 fully saturated rings. The largest absolute Gasteiger partial charge is 0.394 e. The first kappa shape index (κ1) is 15.3. The van der Waals surface area contributed by atoms with Gasteiger partial charge in [0.2, 0.25) is 5.91 Å². The Balaban J connectivity index is 3.86. The molecule has 0 unspecified atom stereocenters. The third kappa shape index (κ3) is 7.62. The molecule has 5 nitrogen and oxygen atoms in total. The number of carbonyl (C=O) groups excluding carboxylic acids is 1. The predicted octanol–water partition coefficient (Wildman–Crippen LogP) is -0.204. The topological polar surface area (TPSA) is 53.0 Å². The number of aliphatic hydroxyl groups excluding tert-OH is 1. The van der Waals surface area contributed by atoms with Gasteiger partial charge in [0.15, 0.2) is 0 Å². The van der Waals surface area contributed by atoms with Crippen LogP contribution in [0.4, 0.5) is 0 Å². The van der Waals surface area contributed by atoms with Gasteiger partial charge in [-0.1, -0.05) is 6.92 Å². The van der Waals surface area contributed by atoms with E-state index in [1.807, 2.05) is 25.9 Å². The van der Waals surface area contributed by atoms with E-state index in [0.717, 1.165) is 13.1 Å². The van der Waals surface area contributed by atoms with Crippen LogP contribution in [0.5, 0.6) is 0 Å². The van der Waals surface area contributed by atoms with Gasteiger partial charge < -0.3 is 19.6 Å². The average Bonchev–Trinajstić information content (AvgIpc) is 2.27. The summed E-state index contributed by atoms with van der Waals surface area (Å²) in [6, 6.07) is 0. The van der Waals surface area contributed by atoms with Crippen LogP contribution in [0.15, 0.2) is 0 Å². The van der Waals surface area contributed by atoms with Crippen LogP contribution in [0.25, 0.3) is 0 Å². The molecule has 0 aromatic heterocycles. The van der Waals surface area contributed by atoms with Crippen LogP contribution in [-0.4, -0.2) is 74.4 Å². The number of hydrogen-bond acceptors (Lipinski definition) is 4. The lowest BCUT2D eigenvalue weighted by molar-refractivity contribution is -0.131. The second kappa shape index (κ2) is 9.57. The van der Waals surface area contributed by atoms with E-state index >= 15 is 0 Å². The van der Waals surface area contributed by atoms with E-state index in [-0.39, 0.29) is 12.5 Å². The predicted molar refractivity (Wildman–Crippen MR) is 63.3 cm³/mol. The van der Waals surface area contributed by atoms with Crippen LogP contribution < -0.4 is 0 Å². The molecule has 0 atom stereocenters. The van der Waals surface area contributed by atoms with Gasteiger partial charge in [-0.3, -0.25) is 4.79 Å². The first-order chi connectivity index (χ1) is 7.61. The highest BCUT2D eigenvalue weighted by Gasteiger charge is 2.10. The Hall–Kier alpha value is -0.650. The third-order valence-electron chi connectivity index (χ3n) is 2.21. The molecule has 0 spiro atoms. The van der Waals surface area contributed by atoms with Crippen LogP contribution in [0.2, 0.25) is 0 Å². The normalized spacial score (nSPS) is 10.8. The number of carbonyl (C=O) groups is 1. The molecular weight excluding hydrogens is 208 g/mol. The molecule has 0 radical (unpaired) electrons. The quantitative estimate of drug-likeness (QED) is 0.559. The molecule has 0 bridgehead atoms. The average molecular weight is 232 g/mol. The van der Waals surface area contributed by atoms with E-state index in [0.29, 0.717) is 26.2 Å². The van der Waals surface area contributed by atoms with Crippen molar-refractivity contribution in [2.45, 2.75) is 13.3 Å². The lowest BCUT2D eigenvalue weighted by Crippen LogP contribution is -2.38. The molecule has 0 aromatic carbocycles. The molecule has 0 aromatic rings. The molecule has 0 saturated heterocycles. The summed E-state index contributed by atoms with van der Waals surface area (Å²) >= 11 is 0. The summed E-state index contributed by atoms with van der Waals surface area (Å²) in [5.74, 6) is 0.148. The molecule has 0 aliphatic rings. The van der Waals surface area contributed by atoms with Crippen LogP contribution >= 0.6 is 0 Å². The Kier molecular flexibility index (Phi) is 9.18. The molecule has 96 valence electrons. The molecule has 0 heterocycles. The van der Waals surface area contributed by atoms with Crippen LogP contribution in [0, 0.1) is 0 Å². The molecule has 1 N–H and O–H groups in total. The number of ether oxygens (including phenoxy) is 1. The SMILES string of the molecule is CCC(=O)N(CCOCCO)CCN(C)C. The summed E-state index contributed by atoms with van der Waals surface area (Å²) in [6.07, 6.45) is 0.521. The smallest absolute Gasteiger partial charge is 0.222 e. The molecular formula is C11H24N2O3. The number of amides is 1. The Morgan fingerprint density at radius 2 is 1.88 bits per heavy atom. The molecule has 0 aliphatic carbocycles. The fraction of sp³-hybridized carbons (Fsp3) is 0.909. The minimum Gasteiger partial charge on any atom is -0.394 e. The van der Waals surface area contributed by atoms with Gasteiger partial charge in [0.05, 0.1) is 19.8 Å². The van der Waals surface area contributed by atoms with Crippen molar-refractivity contribution in [1.82, 2.24) is 9.80 Å². The molecule has 1 amide bonds. The molecule has 16 heavy (non-hydrogen) atoms. The number of nitrogens with zero attached hydrogens (tertiary/aromatic N) is 2. The highest BCUT2D eigenvalue weighted by molar-refractivity contribution is 5.75. The van der Waals surface area contributed by atoms with Crippen LogP contribution in [0.3, 0.4) is 0 Å². The molecule has 0 rings (SSSR count). The fourth-order valence-corrected chi connectivity index (χ4v) is 1.25. The summed E-state index contributed by atoms with van der Waals surface area (Å²) in [6.45, 7) is 4.88. The fourth-order valence-electron chi connectivity index (χ4n) is 1.25. The third-order valence-corrected chi connectivity index (χ3v) is 2.21. The van der Waals surface area contributed by atoms with Gasteiger partial charge in [0.1, 0.15) is 0 Å². The number of hydrogen-bond donors (Lipinski definition) is 1. The lowest BCUT2D eigenvalue weighted by Gasteiger charge is -2.23. The van der Waals surface area contributed by atoms with Crippen molar-refractivity contribution in [3.63, 3.8) is 0 Å². The number of rotatable bonds is 9. The highest BCUT2D eigenvalue weighted by Crippen LogP contribution is 1.95. The van der Waals surface area contributed by atoms with Gasteiger partial charge >= 0.3 is 0 Å². The maximum absolute atomic E-state index is 11.6. The van der Waals surface area contributed by atoms with Crippen molar-refractivity contribution in [1.29, 1.82) is 0 Å². The zero-order chi connectivity index (χ0) is 12.4. The van der Waals surface area contributed by atoms with E-state index < -0.39 is 0 Å². The lowest BCUT2D eigenvalue weighted by atomic mass is 10.3. The molecule has 0 saturated carbocycles. The number of likely N-dealkylation sites (N-methyl/N-ethyl adjacent to an activating group) is 1. The van der Waals surface area contributed by atoms with Gasteiger partial charge in [0, 0.05) is 26.1 Å². The number of aliphatic hydroxyl groups is 1. The van der Waals surface area contributed by atoms with Gasteiger partial charge in [-0.15, -0.1) is 0 Å². The van der Waals surface area contributed by atoms with Crippen molar-refractivity contribution < 1.29 is 14.6 Å².